The molecule has 0 saturated heterocycles. The van der Waals surface area contributed by atoms with Crippen LogP contribution in [0.15, 0.2) is 4.52 Å². The van der Waals surface area contributed by atoms with Crippen LogP contribution in [-0.2, 0) is 5.41 Å². The molecule has 0 bridgehead atoms. The Morgan fingerprint density at radius 3 is 2.58 bits per heavy atom. The number of nitrogens with one attached hydrogen (secondary N) is 1. The minimum Gasteiger partial charge on any atom is -0.361 e. The number of aromatic nitrogens is 1. The van der Waals surface area contributed by atoms with Crippen molar-refractivity contribution >= 4 is 5.91 Å². The molecule has 0 aliphatic heterocycles. The smallest absolute Gasteiger partial charge is 0.256 e. The van der Waals surface area contributed by atoms with Crippen molar-refractivity contribution in [2.24, 2.45) is 5.92 Å². The van der Waals surface area contributed by atoms with Gasteiger partial charge in [-0.15, -0.1) is 0 Å². The Labute approximate surface area is 114 Å². The SMILES string of the molecule is Cc1onc(C(C)(C)C)c1C(=O)NCC1CCCC1. The van der Waals surface area contributed by atoms with E-state index >= 15 is 0 Å². The Kier molecular flexibility index (Phi) is 3.97. The van der Waals surface area contributed by atoms with Crippen molar-refractivity contribution in [3.8, 4) is 0 Å². The second kappa shape index (κ2) is 5.35. The van der Waals surface area contributed by atoms with Gasteiger partial charge in [0, 0.05) is 12.0 Å². The summed E-state index contributed by atoms with van der Waals surface area (Å²) in [6.07, 6.45) is 5.05. The lowest BCUT2D eigenvalue weighted by atomic mass is 9.88. The van der Waals surface area contributed by atoms with Gasteiger partial charge < -0.3 is 9.84 Å². The number of carbonyl (C=O) groups excluding carboxylic acids is 1. The lowest BCUT2D eigenvalue weighted by Crippen LogP contribution is -2.30. The third kappa shape index (κ3) is 3.17. The number of hydrogen-bond acceptors (Lipinski definition) is 3. The fraction of sp³-hybridized carbons (Fsp3) is 0.733. The van der Waals surface area contributed by atoms with Crippen molar-refractivity contribution in [2.45, 2.75) is 58.8 Å². The van der Waals surface area contributed by atoms with Crippen LogP contribution in [0.5, 0.6) is 0 Å². The molecule has 19 heavy (non-hydrogen) atoms. The first kappa shape index (κ1) is 14.1. The van der Waals surface area contributed by atoms with Gasteiger partial charge in [-0.3, -0.25) is 4.79 Å². The second-order valence-electron chi connectivity index (χ2n) is 6.57. The second-order valence-corrected chi connectivity index (χ2v) is 6.57. The van der Waals surface area contributed by atoms with Crippen LogP contribution >= 0.6 is 0 Å². The van der Waals surface area contributed by atoms with Crippen molar-refractivity contribution in [2.75, 3.05) is 6.54 Å². The Hall–Kier alpha value is -1.32. The summed E-state index contributed by atoms with van der Waals surface area (Å²) in [6.45, 7) is 8.69. The molecule has 1 heterocycles. The van der Waals surface area contributed by atoms with Gasteiger partial charge in [0.1, 0.15) is 17.0 Å². The largest absolute Gasteiger partial charge is 0.361 e. The van der Waals surface area contributed by atoms with Crippen LogP contribution in [0.4, 0.5) is 0 Å². The van der Waals surface area contributed by atoms with Crippen LogP contribution in [0.3, 0.4) is 0 Å². The van der Waals surface area contributed by atoms with Crippen LogP contribution in [0, 0.1) is 12.8 Å². The monoisotopic (exact) mass is 264 g/mol. The highest BCUT2D eigenvalue weighted by Gasteiger charge is 2.29. The van der Waals surface area contributed by atoms with Crippen LogP contribution in [0.25, 0.3) is 0 Å². The third-order valence-electron chi connectivity index (χ3n) is 3.83. The molecule has 1 aliphatic rings. The molecule has 1 fully saturated rings. The normalized spacial score (nSPS) is 16.8. The van der Waals surface area contributed by atoms with Gasteiger partial charge in [-0.25, -0.2) is 0 Å². The maximum atomic E-state index is 12.3. The van der Waals surface area contributed by atoms with E-state index in [1.54, 1.807) is 6.92 Å². The molecular weight excluding hydrogens is 240 g/mol. The summed E-state index contributed by atoms with van der Waals surface area (Å²) >= 11 is 0. The minimum absolute atomic E-state index is 0.0458. The van der Waals surface area contributed by atoms with Crippen LogP contribution in [0.1, 0.15) is 68.3 Å². The van der Waals surface area contributed by atoms with E-state index in [1.165, 1.54) is 25.7 Å². The van der Waals surface area contributed by atoms with Crippen LogP contribution < -0.4 is 5.32 Å². The first-order valence-electron chi connectivity index (χ1n) is 7.14. The summed E-state index contributed by atoms with van der Waals surface area (Å²) in [5, 5.41) is 7.09. The molecule has 0 aromatic carbocycles. The fourth-order valence-electron chi connectivity index (χ4n) is 2.69. The summed E-state index contributed by atoms with van der Waals surface area (Å²) < 4.78 is 5.20. The van der Waals surface area contributed by atoms with Crippen molar-refractivity contribution in [1.29, 1.82) is 0 Å². The summed E-state index contributed by atoms with van der Waals surface area (Å²) in [5.74, 6) is 1.20. The Morgan fingerprint density at radius 2 is 2.00 bits per heavy atom. The van der Waals surface area contributed by atoms with Crippen molar-refractivity contribution in [3.63, 3.8) is 0 Å². The number of rotatable bonds is 3. The van der Waals surface area contributed by atoms with Gasteiger partial charge in [0.05, 0.1) is 0 Å². The van der Waals surface area contributed by atoms with Gasteiger partial charge in [-0.1, -0.05) is 38.8 Å². The number of aryl methyl sites for hydroxylation is 1. The van der Waals surface area contributed by atoms with Gasteiger partial charge in [0.15, 0.2) is 0 Å². The summed E-state index contributed by atoms with van der Waals surface area (Å²) in [6, 6.07) is 0. The predicted molar refractivity (Wildman–Crippen MR) is 74.2 cm³/mol. The standard InChI is InChI=1S/C15H24N2O2/c1-10-12(13(17-19-10)15(2,3)4)14(18)16-9-11-7-5-6-8-11/h11H,5-9H2,1-4H3,(H,16,18). The molecular formula is C15H24N2O2. The maximum absolute atomic E-state index is 12.3. The molecule has 2 rings (SSSR count). The van der Waals surface area contributed by atoms with E-state index in [2.05, 4.69) is 10.5 Å². The third-order valence-corrected chi connectivity index (χ3v) is 3.83. The molecule has 1 aromatic heterocycles. The topological polar surface area (TPSA) is 55.1 Å². The number of nitrogens with zero attached hydrogens (tertiary/aromatic N) is 1. The molecule has 1 amide bonds. The number of amides is 1. The number of carbonyl (C=O) groups is 1. The number of hydrogen-bond donors (Lipinski definition) is 1. The molecule has 1 N–H and O–H groups in total. The van der Waals surface area contributed by atoms with E-state index in [0.29, 0.717) is 17.2 Å². The summed E-state index contributed by atoms with van der Waals surface area (Å²) in [4.78, 5) is 12.3. The van der Waals surface area contributed by atoms with Crippen LogP contribution in [0.2, 0.25) is 0 Å². The van der Waals surface area contributed by atoms with E-state index in [1.807, 2.05) is 20.8 Å². The zero-order chi connectivity index (χ0) is 14.0. The molecule has 1 aliphatic carbocycles. The lowest BCUT2D eigenvalue weighted by molar-refractivity contribution is 0.0944. The molecule has 4 nitrogen and oxygen atoms in total. The molecule has 4 heteroatoms. The molecule has 0 atom stereocenters. The van der Waals surface area contributed by atoms with Gasteiger partial charge in [0.25, 0.3) is 5.91 Å². The highest BCUT2D eigenvalue weighted by atomic mass is 16.5. The fourth-order valence-corrected chi connectivity index (χ4v) is 2.69. The van der Waals surface area contributed by atoms with Crippen molar-refractivity contribution in [1.82, 2.24) is 10.5 Å². The van der Waals surface area contributed by atoms with E-state index < -0.39 is 0 Å². The van der Waals surface area contributed by atoms with E-state index in [4.69, 9.17) is 4.52 Å². The molecule has 106 valence electrons. The Balaban J connectivity index is 2.08. The molecule has 1 aromatic rings. The van der Waals surface area contributed by atoms with Gasteiger partial charge in [-0.2, -0.15) is 0 Å². The van der Waals surface area contributed by atoms with E-state index in [0.717, 1.165) is 12.2 Å². The van der Waals surface area contributed by atoms with Gasteiger partial charge in [-0.05, 0) is 25.7 Å². The van der Waals surface area contributed by atoms with E-state index in [-0.39, 0.29) is 11.3 Å². The quantitative estimate of drug-likeness (QED) is 0.912. The summed E-state index contributed by atoms with van der Waals surface area (Å²) in [7, 11) is 0. The lowest BCUT2D eigenvalue weighted by Gasteiger charge is -2.17. The Morgan fingerprint density at radius 1 is 1.37 bits per heavy atom. The van der Waals surface area contributed by atoms with Crippen LogP contribution in [-0.4, -0.2) is 17.6 Å². The molecule has 1 saturated carbocycles. The first-order valence-corrected chi connectivity index (χ1v) is 7.14. The van der Waals surface area contributed by atoms with Gasteiger partial charge >= 0.3 is 0 Å². The zero-order valence-electron chi connectivity index (χ0n) is 12.4. The van der Waals surface area contributed by atoms with Crippen molar-refractivity contribution in [3.05, 3.63) is 17.0 Å². The highest BCUT2D eigenvalue weighted by Crippen LogP contribution is 2.27. The van der Waals surface area contributed by atoms with Gasteiger partial charge in [0.2, 0.25) is 0 Å². The maximum Gasteiger partial charge on any atom is 0.256 e. The van der Waals surface area contributed by atoms with E-state index in [9.17, 15) is 4.79 Å². The van der Waals surface area contributed by atoms with Crippen molar-refractivity contribution < 1.29 is 9.32 Å². The highest BCUT2D eigenvalue weighted by molar-refractivity contribution is 5.96. The molecule has 0 spiro atoms. The average molecular weight is 264 g/mol. The zero-order valence-corrected chi connectivity index (χ0v) is 12.4. The predicted octanol–water partition coefficient (Wildman–Crippen LogP) is 3.20. The minimum atomic E-state index is -0.183. The molecule has 0 radical (unpaired) electrons. The first-order chi connectivity index (χ1) is 8.89. The molecule has 0 unspecified atom stereocenters. The summed E-state index contributed by atoms with van der Waals surface area (Å²) in [5.41, 5.74) is 1.18. The Bertz CT molecular complexity index is 451. The average Bonchev–Trinajstić information content (AvgIpc) is 2.93.